The predicted octanol–water partition coefficient (Wildman–Crippen LogP) is 19.0. The molecule has 0 N–H and O–H groups in total. The van der Waals surface area contributed by atoms with Crippen molar-refractivity contribution >= 4 is 17.9 Å². The predicted molar refractivity (Wildman–Crippen MR) is 302 cm³/mol. The summed E-state index contributed by atoms with van der Waals surface area (Å²) in [5.41, 5.74) is 0. The Morgan fingerprint density at radius 2 is 0.629 bits per heavy atom. The van der Waals surface area contributed by atoms with Gasteiger partial charge < -0.3 is 14.2 Å². The third-order valence-corrected chi connectivity index (χ3v) is 11.6. The van der Waals surface area contributed by atoms with Crippen LogP contribution in [0.3, 0.4) is 0 Å². The molecule has 0 aromatic carbocycles. The van der Waals surface area contributed by atoms with Gasteiger partial charge in [-0.1, -0.05) is 251 Å². The van der Waals surface area contributed by atoms with Crippen molar-refractivity contribution in [3.63, 3.8) is 0 Å². The van der Waals surface area contributed by atoms with E-state index < -0.39 is 6.10 Å². The van der Waals surface area contributed by atoms with Crippen molar-refractivity contribution in [2.45, 2.75) is 239 Å². The summed E-state index contributed by atoms with van der Waals surface area (Å²) in [6.07, 6.45) is 80.1. The Morgan fingerprint density at radius 3 is 1.07 bits per heavy atom. The van der Waals surface area contributed by atoms with Gasteiger partial charge in [-0.25, -0.2) is 0 Å². The van der Waals surface area contributed by atoms with Gasteiger partial charge in [-0.15, -0.1) is 0 Å². The Labute approximate surface area is 430 Å². The maximum atomic E-state index is 12.8. The fourth-order valence-corrected chi connectivity index (χ4v) is 7.36. The Bertz CT molecular complexity index is 1530. The third kappa shape index (κ3) is 54.5. The van der Waals surface area contributed by atoms with E-state index >= 15 is 0 Å². The molecular weight excluding hydrogens is 865 g/mol. The van der Waals surface area contributed by atoms with Crippen LogP contribution in [0.1, 0.15) is 233 Å². The van der Waals surface area contributed by atoms with Gasteiger partial charge in [0.25, 0.3) is 0 Å². The fourth-order valence-electron chi connectivity index (χ4n) is 7.36. The molecule has 6 heteroatoms. The number of unbranched alkanes of at least 4 members (excludes halogenated alkanes) is 22. The largest absolute Gasteiger partial charge is 0.462 e. The lowest BCUT2D eigenvalue weighted by Crippen LogP contribution is -2.30. The zero-order valence-electron chi connectivity index (χ0n) is 45.0. The Kier molecular flexibility index (Phi) is 53.5. The van der Waals surface area contributed by atoms with Gasteiger partial charge in [0.1, 0.15) is 13.2 Å². The molecule has 1 atom stereocenters. The average Bonchev–Trinajstić information content (AvgIpc) is 3.36. The van der Waals surface area contributed by atoms with Crippen LogP contribution in [0.5, 0.6) is 0 Å². The van der Waals surface area contributed by atoms with E-state index in [1.807, 2.05) is 60.8 Å². The average molecular weight is 968 g/mol. The van der Waals surface area contributed by atoms with Crippen LogP contribution >= 0.6 is 0 Å². The molecule has 6 nitrogen and oxygen atoms in total. The summed E-state index contributed by atoms with van der Waals surface area (Å²) in [6.45, 7) is 6.31. The number of hydrogen-bond acceptors (Lipinski definition) is 6. The van der Waals surface area contributed by atoms with Gasteiger partial charge in [0.05, 0.1) is 0 Å². The molecule has 0 aromatic rings. The fraction of sp³-hybridized carbons (Fsp3) is 0.609. The zero-order chi connectivity index (χ0) is 50.7. The van der Waals surface area contributed by atoms with Crippen molar-refractivity contribution < 1.29 is 28.6 Å². The van der Waals surface area contributed by atoms with E-state index in [0.29, 0.717) is 19.3 Å². The zero-order valence-corrected chi connectivity index (χ0v) is 45.0. The first kappa shape index (κ1) is 65.5. The quantitative estimate of drug-likeness (QED) is 0.0199. The van der Waals surface area contributed by atoms with Gasteiger partial charge in [-0.05, 0) is 96.3 Å². The maximum absolute atomic E-state index is 12.8. The Hall–Kier alpha value is -4.45. The van der Waals surface area contributed by atoms with E-state index in [4.69, 9.17) is 14.2 Å². The number of allylic oxidation sites excluding steroid dienone is 22. The Morgan fingerprint density at radius 1 is 0.314 bits per heavy atom. The molecule has 70 heavy (non-hydrogen) atoms. The number of ether oxygens (including phenoxy) is 3. The van der Waals surface area contributed by atoms with Gasteiger partial charge in [0.2, 0.25) is 0 Å². The third-order valence-electron chi connectivity index (χ3n) is 11.6. The number of hydrogen-bond donors (Lipinski definition) is 0. The topological polar surface area (TPSA) is 78.9 Å². The minimum absolute atomic E-state index is 0.112. The van der Waals surface area contributed by atoms with E-state index in [9.17, 15) is 14.4 Å². The van der Waals surface area contributed by atoms with Crippen molar-refractivity contribution in [1.29, 1.82) is 0 Å². The molecule has 0 saturated carbocycles. The van der Waals surface area contributed by atoms with Crippen LogP contribution < -0.4 is 0 Å². The molecule has 0 radical (unpaired) electrons. The summed E-state index contributed by atoms with van der Waals surface area (Å²) < 4.78 is 16.8. The molecule has 0 aliphatic rings. The first-order valence-corrected chi connectivity index (χ1v) is 28.3. The first-order chi connectivity index (χ1) is 34.5. The van der Waals surface area contributed by atoms with E-state index in [-0.39, 0.29) is 37.5 Å². The number of rotatable bonds is 49. The minimum Gasteiger partial charge on any atom is -0.462 e. The highest BCUT2D eigenvalue weighted by Crippen LogP contribution is 2.14. The summed E-state index contributed by atoms with van der Waals surface area (Å²) in [4.78, 5) is 38.2. The van der Waals surface area contributed by atoms with Crippen molar-refractivity contribution in [1.82, 2.24) is 0 Å². The standard InChI is InChI=1S/C64H102O6/c1-4-7-10-13-16-19-22-25-28-31-32-34-36-39-42-45-48-51-54-57-63(66)69-60-61(59-68-62(65)56-53-50-47-44-41-38-35-30-27-24-21-18-15-12-9-6-3)70-64(67)58-55-52-49-46-43-40-37-33-29-26-23-20-17-14-11-8-5-2/h7-8,10-11,14,16-17,19-20,23,25-26,28-30,33,35,37-38,40-41,43,61H,4-6,9,12-13,15,18,21-22,24,27,31-32,34,36,39,42,44-60H2,1-3H3/b10-7-,11-8-,17-14-,19-16-,23-20-,28-25-,29-26-,35-30-,37-33+,41-38-,43-40-. The van der Waals surface area contributed by atoms with Crippen LogP contribution in [-0.4, -0.2) is 37.2 Å². The van der Waals surface area contributed by atoms with Gasteiger partial charge in [-0.3, -0.25) is 14.4 Å². The smallest absolute Gasteiger partial charge is 0.306 e. The molecule has 0 fully saturated rings. The van der Waals surface area contributed by atoms with Crippen LogP contribution in [0.4, 0.5) is 0 Å². The summed E-state index contributed by atoms with van der Waals surface area (Å²) in [5, 5.41) is 0. The second-order valence-corrected chi connectivity index (χ2v) is 18.3. The van der Waals surface area contributed by atoms with E-state index in [1.54, 1.807) is 0 Å². The highest BCUT2D eigenvalue weighted by Gasteiger charge is 2.19. The van der Waals surface area contributed by atoms with Crippen molar-refractivity contribution in [2.24, 2.45) is 0 Å². The summed E-state index contributed by atoms with van der Waals surface area (Å²) >= 11 is 0. The first-order valence-electron chi connectivity index (χ1n) is 28.3. The van der Waals surface area contributed by atoms with E-state index in [0.717, 1.165) is 103 Å². The van der Waals surface area contributed by atoms with Gasteiger partial charge in [-0.2, -0.15) is 0 Å². The molecule has 0 spiro atoms. The van der Waals surface area contributed by atoms with Crippen molar-refractivity contribution in [2.75, 3.05) is 13.2 Å². The van der Waals surface area contributed by atoms with Crippen LogP contribution in [0, 0.1) is 0 Å². The lowest BCUT2D eigenvalue weighted by molar-refractivity contribution is -0.167. The molecular formula is C64H102O6. The Balaban J connectivity index is 4.54. The summed E-state index contributed by atoms with van der Waals surface area (Å²) in [5.74, 6) is -0.993. The molecule has 0 amide bonds. The summed E-state index contributed by atoms with van der Waals surface area (Å²) in [6, 6.07) is 0. The second kappa shape index (κ2) is 57.1. The molecule has 0 aliphatic carbocycles. The second-order valence-electron chi connectivity index (χ2n) is 18.3. The van der Waals surface area contributed by atoms with Gasteiger partial charge >= 0.3 is 17.9 Å². The maximum Gasteiger partial charge on any atom is 0.306 e. The van der Waals surface area contributed by atoms with Crippen LogP contribution in [0.15, 0.2) is 134 Å². The normalized spacial score (nSPS) is 13.1. The molecule has 0 aromatic heterocycles. The number of carbonyl (C=O) groups is 3. The molecule has 0 bridgehead atoms. The van der Waals surface area contributed by atoms with Crippen LogP contribution in [0.25, 0.3) is 0 Å². The van der Waals surface area contributed by atoms with E-state index in [1.165, 1.54) is 83.5 Å². The molecule has 394 valence electrons. The molecule has 1 unspecified atom stereocenters. The van der Waals surface area contributed by atoms with E-state index in [2.05, 4.69) is 93.7 Å². The van der Waals surface area contributed by atoms with Gasteiger partial charge in [0.15, 0.2) is 6.10 Å². The lowest BCUT2D eigenvalue weighted by atomic mass is 10.1. The number of carbonyl (C=O) groups excluding carboxylic acids is 3. The minimum atomic E-state index is -0.820. The highest BCUT2D eigenvalue weighted by atomic mass is 16.6. The SMILES string of the molecule is CC\C=C/C=C\C=C/C=C\C=C\C=C/CCCCCC(=O)OC(COC(=O)CCCCC/C=C\C=C/CCCCCCCCC)COC(=O)CCCCCCCCCCC/C=C\C/C=C\C/C=C\CC. The van der Waals surface area contributed by atoms with Gasteiger partial charge in [0, 0.05) is 19.3 Å². The summed E-state index contributed by atoms with van der Waals surface area (Å²) in [7, 11) is 0. The molecule has 0 heterocycles. The highest BCUT2D eigenvalue weighted by molar-refractivity contribution is 5.71. The lowest BCUT2D eigenvalue weighted by Gasteiger charge is -2.18. The molecule has 0 saturated heterocycles. The monoisotopic (exact) mass is 967 g/mol. The van der Waals surface area contributed by atoms with Crippen LogP contribution in [-0.2, 0) is 28.6 Å². The van der Waals surface area contributed by atoms with Crippen molar-refractivity contribution in [3.05, 3.63) is 134 Å². The number of esters is 3. The van der Waals surface area contributed by atoms with Crippen LogP contribution in [0.2, 0.25) is 0 Å². The molecule has 0 aliphatic heterocycles. The molecule has 0 rings (SSSR count). The van der Waals surface area contributed by atoms with Crippen molar-refractivity contribution in [3.8, 4) is 0 Å².